The Hall–Kier alpha value is -1.72. The minimum atomic E-state index is -0.175. The van der Waals surface area contributed by atoms with Gasteiger partial charge in [0.2, 0.25) is 0 Å². The quantitative estimate of drug-likeness (QED) is 0.686. The number of rotatable bonds is 4. The van der Waals surface area contributed by atoms with Crippen molar-refractivity contribution in [1.29, 1.82) is 0 Å². The van der Waals surface area contributed by atoms with Gasteiger partial charge in [0.15, 0.2) is 0 Å². The number of hydrogen-bond donors (Lipinski definition) is 1. The van der Waals surface area contributed by atoms with Gasteiger partial charge >= 0.3 is 0 Å². The van der Waals surface area contributed by atoms with E-state index in [1.807, 2.05) is 31.2 Å². The molecule has 0 unspecified atom stereocenters. The molecule has 1 N–H and O–H groups in total. The molecule has 0 radical (unpaired) electrons. The number of morpholine rings is 1. The highest BCUT2D eigenvalue weighted by Gasteiger charge is 2.15. The Morgan fingerprint density at radius 2 is 1.83 bits per heavy atom. The minimum absolute atomic E-state index is 0.0463. The molecule has 1 fully saturated rings. The average Bonchev–Trinajstić information content (AvgIpc) is 2.53. The fourth-order valence-corrected chi connectivity index (χ4v) is 2.15. The molecule has 1 aliphatic rings. The lowest BCUT2D eigenvalue weighted by molar-refractivity contribution is 0.0342. The summed E-state index contributed by atoms with van der Waals surface area (Å²) >= 11 is 0. The number of carbonyl (C=O) groups is 1. The monoisotopic (exact) mass is 317 g/mol. The summed E-state index contributed by atoms with van der Waals surface area (Å²) in [4.78, 5) is 14.5. The van der Waals surface area contributed by atoms with E-state index in [0.717, 1.165) is 38.6 Å². The molecule has 1 aromatic carbocycles. The molecule has 0 bridgehead atoms. The third-order valence-electron chi connectivity index (χ3n) is 4.14. The Kier molecular flexibility index (Phi) is 5.91. The summed E-state index contributed by atoms with van der Waals surface area (Å²) in [6.45, 7) is 12.5. The third kappa shape index (κ3) is 5.44. The van der Waals surface area contributed by atoms with Crippen LogP contribution in [0.5, 0.6) is 0 Å². The van der Waals surface area contributed by atoms with Crippen molar-refractivity contribution < 1.29 is 9.53 Å². The maximum atomic E-state index is 12.1. The molecular formula is C18H27N3O2. The zero-order valence-corrected chi connectivity index (χ0v) is 14.6. The van der Waals surface area contributed by atoms with Crippen LogP contribution in [0.3, 0.4) is 0 Å². The van der Waals surface area contributed by atoms with E-state index in [1.54, 1.807) is 0 Å². The Morgan fingerprint density at radius 1 is 1.22 bits per heavy atom. The molecule has 1 aliphatic heterocycles. The van der Waals surface area contributed by atoms with Gasteiger partial charge in [0, 0.05) is 36.3 Å². The summed E-state index contributed by atoms with van der Waals surface area (Å²) in [5, 5.41) is 4.18. The van der Waals surface area contributed by atoms with E-state index in [-0.39, 0.29) is 11.3 Å². The summed E-state index contributed by atoms with van der Waals surface area (Å²) in [5.41, 5.74) is 5.31. The Bertz CT molecular complexity index is 553. The molecule has 1 amide bonds. The van der Waals surface area contributed by atoms with Crippen molar-refractivity contribution in [2.75, 3.05) is 26.3 Å². The van der Waals surface area contributed by atoms with Crippen molar-refractivity contribution >= 4 is 11.6 Å². The van der Waals surface area contributed by atoms with Crippen LogP contribution in [0.1, 0.15) is 43.6 Å². The van der Waals surface area contributed by atoms with E-state index < -0.39 is 0 Å². The number of amides is 1. The van der Waals surface area contributed by atoms with Gasteiger partial charge in [0.1, 0.15) is 0 Å². The second-order valence-electron chi connectivity index (χ2n) is 6.97. The van der Waals surface area contributed by atoms with Crippen molar-refractivity contribution in [1.82, 2.24) is 10.3 Å². The highest BCUT2D eigenvalue weighted by Crippen LogP contribution is 2.15. The van der Waals surface area contributed by atoms with Gasteiger partial charge in [-0.05, 0) is 24.6 Å². The van der Waals surface area contributed by atoms with Crippen LogP contribution in [0.15, 0.2) is 29.4 Å². The van der Waals surface area contributed by atoms with Crippen molar-refractivity contribution in [3.8, 4) is 0 Å². The lowest BCUT2D eigenvalue weighted by Gasteiger charge is -2.26. The fourth-order valence-electron chi connectivity index (χ4n) is 2.15. The summed E-state index contributed by atoms with van der Waals surface area (Å²) in [7, 11) is 0. The van der Waals surface area contributed by atoms with Crippen LogP contribution in [0.4, 0.5) is 0 Å². The van der Waals surface area contributed by atoms with Gasteiger partial charge in [-0.15, -0.1) is 0 Å². The molecule has 5 nitrogen and oxygen atoms in total. The highest BCUT2D eigenvalue weighted by atomic mass is 16.5. The second kappa shape index (κ2) is 7.70. The summed E-state index contributed by atoms with van der Waals surface area (Å²) < 4.78 is 5.35. The number of hydrazone groups is 1. The topological polar surface area (TPSA) is 53.9 Å². The largest absolute Gasteiger partial charge is 0.379 e. The maximum Gasteiger partial charge on any atom is 0.271 e. The zero-order valence-electron chi connectivity index (χ0n) is 14.6. The molecule has 0 aromatic heterocycles. The molecule has 0 atom stereocenters. The molecule has 126 valence electrons. The molecule has 23 heavy (non-hydrogen) atoms. The summed E-state index contributed by atoms with van der Waals surface area (Å²) in [6, 6.07) is 7.72. The Morgan fingerprint density at radius 3 is 2.39 bits per heavy atom. The van der Waals surface area contributed by atoms with E-state index in [2.05, 4.69) is 36.2 Å². The molecule has 1 heterocycles. The zero-order chi connectivity index (χ0) is 16.9. The standard InChI is InChI=1S/C18H27N3O2/c1-14(18(2,3)4)19-20-17(22)16-7-5-15(6-8-16)13-21-9-11-23-12-10-21/h5-8H,9-13H2,1-4H3,(H,20,22)/b19-14-. The molecule has 1 aromatic rings. The maximum absolute atomic E-state index is 12.1. The molecule has 0 spiro atoms. The highest BCUT2D eigenvalue weighted by molar-refractivity contribution is 5.95. The number of benzene rings is 1. The molecule has 5 heteroatoms. The first-order valence-electron chi connectivity index (χ1n) is 8.10. The van der Waals surface area contributed by atoms with Crippen LogP contribution in [0.2, 0.25) is 0 Å². The summed E-state index contributed by atoms with van der Waals surface area (Å²) in [6.07, 6.45) is 0. The second-order valence-corrected chi connectivity index (χ2v) is 6.97. The van der Waals surface area contributed by atoms with Gasteiger partial charge in [-0.1, -0.05) is 32.9 Å². The van der Waals surface area contributed by atoms with Crippen LogP contribution in [-0.2, 0) is 11.3 Å². The first-order valence-corrected chi connectivity index (χ1v) is 8.10. The smallest absolute Gasteiger partial charge is 0.271 e. The van der Waals surface area contributed by atoms with Crippen molar-refractivity contribution in [2.24, 2.45) is 10.5 Å². The van der Waals surface area contributed by atoms with E-state index in [9.17, 15) is 4.79 Å². The van der Waals surface area contributed by atoms with Gasteiger partial charge in [-0.3, -0.25) is 9.69 Å². The fraction of sp³-hybridized carbons (Fsp3) is 0.556. The van der Waals surface area contributed by atoms with E-state index in [0.29, 0.717) is 5.56 Å². The van der Waals surface area contributed by atoms with E-state index >= 15 is 0 Å². The van der Waals surface area contributed by atoms with Crippen LogP contribution in [0, 0.1) is 5.41 Å². The minimum Gasteiger partial charge on any atom is -0.379 e. The molecule has 0 aliphatic carbocycles. The lowest BCUT2D eigenvalue weighted by atomic mass is 9.91. The number of ether oxygens (including phenoxy) is 1. The Labute approximate surface area is 138 Å². The first-order chi connectivity index (χ1) is 10.9. The van der Waals surface area contributed by atoms with Crippen LogP contribution < -0.4 is 5.43 Å². The number of hydrogen-bond acceptors (Lipinski definition) is 4. The average molecular weight is 317 g/mol. The number of nitrogens with one attached hydrogen (secondary N) is 1. The first kappa shape index (κ1) is 17.6. The van der Waals surface area contributed by atoms with E-state index in [1.165, 1.54) is 5.56 Å². The SMILES string of the molecule is C/C(=N/NC(=O)c1ccc(CN2CCOCC2)cc1)C(C)(C)C. The van der Waals surface area contributed by atoms with E-state index in [4.69, 9.17) is 4.74 Å². The van der Waals surface area contributed by atoms with Gasteiger partial charge in [-0.2, -0.15) is 5.10 Å². The van der Waals surface area contributed by atoms with Crippen molar-refractivity contribution in [3.05, 3.63) is 35.4 Å². The van der Waals surface area contributed by atoms with Gasteiger partial charge in [0.05, 0.1) is 13.2 Å². The van der Waals surface area contributed by atoms with Crippen LogP contribution in [-0.4, -0.2) is 42.8 Å². The predicted molar refractivity (Wildman–Crippen MR) is 92.6 cm³/mol. The van der Waals surface area contributed by atoms with Gasteiger partial charge in [-0.25, -0.2) is 5.43 Å². The number of carbonyl (C=O) groups excluding carboxylic acids is 1. The molecule has 0 saturated carbocycles. The lowest BCUT2D eigenvalue weighted by Crippen LogP contribution is -2.35. The molecular weight excluding hydrogens is 290 g/mol. The third-order valence-corrected chi connectivity index (χ3v) is 4.14. The van der Waals surface area contributed by atoms with Crippen molar-refractivity contribution in [2.45, 2.75) is 34.2 Å². The van der Waals surface area contributed by atoms with Gasteiger partial charge < -0.3 is 4.74 Å². The van der Waals surface area contributed by atoms with Gasteiger partial charge in [0.25, 0.3) is 5.91 Å². The van der Waals surface area contributed by atoms with Crippen molar-refractivity contribution in [3.63, 3.8) is 0 Å². The molecule has 2 rings (SSSR count). The predicted octanol–water partition coefficient (Wildman–Crippen LogP) is 2.67. The Balaban J connectivity index is 1.92. The normalized spacial score (nSPS) is 17.1. The molecule has 1 saturated heterocycles. The number of nitrogens with zero attached hydrogens (tertiary/aromatic N) is 2. The summed E-state index contributed by atoms with van der Waals surface area (Å²) in [5.74, 6) is -0.175. The van der Waals surface area contributed by atoms with Crippen LogP contribution in [0.25, 0.3) is 0 Å². The van der Waals surface area contributed by atoms with Crippen LogP contribution >= 0.6 is 0 Å².